The minimum absolute atomic E-state index is 0.128. The highest BCUT2D eigenvalue weighted by atomic mass is 16.7. The Bertz CT molecular complexity index is 1300. The second kappa shape index (κ2) is 6.65. The highest BCUT2D eigenvalue weighted by Gasteiger charge is 2.50. The Hall–Kier alpha value is -4.20. The molecule has 0 aliphatic carbocycles. The molecule has 32 heavy (non-hydrogen) atoms. The van der Waals surface area contributed by atoms with Crippen LogP contribution in [0.4, 0.5) is 11.4 Å². The number of benzene rings is 3. The molecular formula is C24H18N2O6. The zero-order chi connectivity index (χ0) is 22.0. The quantitative estimate of drug-likeness (QED) is 0.630. The van der Waals surface area contributed by atoms with Crippen molar-refractivity contribution in [3.8, 4) is 23.0 Å². The van der Waals surface area contributed by atoms with Gasteiger partial charge in [0, 0.05) is 11.6 Å². The summed E-state index contributed by atoms with van der Waals surface area (Å²) >= 11 is 0. The molecule has 1 atom stereocenters. The zero-order valence-corrected chi connectivity index (χ0v) is 17.3. The lowest BCUT2D eigenvalue weighted by molar-refractivity contribution is 0.0948. The highest BCUT2D eigenvalue weighted by molar-refractivity contribution is 6.22. The van der Waals surface area contributed by atoms with Gasteiger partial charge in [-0.15, -0.1) is 0 Å². The standard InChI is InChI=1S/C24H18N2O6/c1-29-18-10-8-15-20(21(18)30-2)24(28)26-16-6-4-3-5-14(16)23(27)25(22(15)26)13-7-9-17-19(11-13)32-12-31-17/h3-11,22H,12H2,1-2H3. The highest BCUT2D eigenvalue weighted by Crippen LogP contribution is 2.51. The number of nitrogens with zero attached hydrogens (tertiary/aromatic N) is 2. The second-order valence-corrected chi connectivity index (χ2v) is 7.54. The molecule has 3 aliphatic heterocycles. The van der Waals surface area contributed by atoms with Gasteiger partial charge in [-0.05, 0) is 30.3 Å². The van der Waals surface area contributed by atoms with Gasteiger partial charge in [0.2, 0.25) is 6.79 Å². The van der Waals surface area contributed by atoms with Crippen molar-refractivity contribution in [3.63, 3.8) is 0 Å². The molecule has 8 nitrogen and oxygen atoms in total. The Balaban J connectivity index is 1.61. The Labute approximate surface area is 183 Å². The summed E-state index contributed by atoms with van der Waals surface area (Å²) in [6.07, 6.45) is -0.680. The normalized spacial score (nSPS) is 17.8. The molecule has 0 fully saturated rings. The van der Waals surface area contributed by atoms with Gasteiger partial charge in [0.25, 0.3) is 11.8 Å². The molecule has 3 heterocycles. The molecule has 3 aromatic rings. The fraction of sp³-hybridized carbons (Fsp3) is 0.167. The smallest absolute Gasteiger partial charge is 0.264 e. The second-order valence-electron chi connectivity index (χ2n) is 7.54. The van der Waals surface area contributed by atoms with Crippen molar-refractivity contribution in [3.05, 3.63) is 71.3 Å². The first-order valence-corrected chi connectivity index (χ1v) is 10.0. The maximum atomic E-state index is 13.7. The van der Waals surface area contributed by atoms with Crippen molar-refractivity contribution in [1.29, 1.82) is 0 Å². The molecule has 3 aromatic carbocycles. The summed E-state index contributed by atoms with van der Waals surface area (Å²) in [6, 6.07) is 16.0. The molecule has 160 valence electrons. The Morgan fingerprint density at radius 3 is 2.50 bits per heavy atom. The summed E-state index contributed by atoms with van der Waals surface area (Å²) in [6.45, 7) is 0.128. The molecule has 8 heteroatoms. The summed E-state index contributed by atoms with van der Waals surface area (Å²) in [5.74, 6) is 1.50. The number of anilines is 2. The number of hydrogen-bond acceptors (Lipinski definition) is 6. The average Bonchev–Trinajstić information content (AvgIpc) is 3.41. The van der Waals surface area contributed by atoms with Crippen LogP contribution in [0, 0.1) is 0 Å². The van der Waals surface area contributed by atoms with E-state index in [0.717, 1.165) is 0 Å². The van der Waals surface area contributed by atoms with Crippen LogP contribution in [0.2, 0.25) is 0 Å². The van der Waals surface area contributed by atoms with E-state index < -0.39 is 6.17 Å². The monoisotopic (exact) mass is 430 g/mol. The minimum Gasteiger partial charge on any atom is -0.493 e. The Kier molecular flexibility index (Phi) is 3.86. The summed E-state index contributed by atoms with van der Waals surface area (Å²) in [7, 11) is 3.02. The van der Waals surface area contributed by atoms with E-state index >= 15 is 0 Å². The summed E-state index contributed by atoms with van der Waals surface area (Å²) in [4.78, 5) is 30.7. The van der Waals surface area contributed by atoms with Gasteiger partial charge in [-0.2, -0.15) is 0 Å². The number of methoxy groups -OCH3 is 2. The first-order valence-electron chi connectivity index (χ1n) is 10.0. The van der Waals surface area contributed by atoms with Gasteiger partial charge in [-0.25, -0.2) is 0 Å². The fourth-order valence-electron chi connectivity index (χ4n) is 4.64. The third-order valence-corrected chi connectivity index (χ3v) is 6.02. The molecule has 0 saturated carbocycles. The lowest BCUT2D eigenvalue weighted by Gasteiger charge is -2.40. The molecule has 0 radical (unpaired) electrons. The lowest BCUT2D eigenvalue weighted by Crippen LogP contribution is -2.48. The van der Waals surface area contributed by atoms with Crippen molar-refractivity contribution < 1.29 is 28.5 Å². The van der Waals surface area contributed by atoms with Gasteiger partial charge in [-0.3, -0.25) is 19.4 Å². The van der Waals surface area contributed by atoms with Crippen LogP contribution in [0.3, 0.4) is 0 Å². The predicted molar refractivity (Wildman–Crippen MR) is 115 cm³/mol. The molecular weight excluding hydrogens is 412 g/mol. The number of ether oxygens (including phenoxy) is 4. The fourth-order valence-corrected chi connectivity index (χ4v) is 4.64. The molecule has 2 amide bonds. The third-order valence-electron chi connectivity index (χ3n) is 6.02. The van der Waals surface area contributed by atoms with Crippen LogP contribution >= 0.6 is 0 Å². The number of rotatable bonds is 3. The number of carbonyl (C=O) groups excluding carboxylic acids is 2. The number of carbonyl (C=O) groups is 2. The van der Waals surface area contributed by atoms with Crippen molar-refractivity contribution in [2.24, 2.45) is 0 Å². The van der Waals surface area contributed by atoms with Crippen LogP contribution in [-0.4, -0.2) is 32.8 Å². The van der Waals surface area contributed by atoms with E-state index in [9.17, 15) is 9.59 Å². The van der Waals surface area contributed by atoms with Crippen molar-refractivity contribution >= 4 is 23.2 Å². The van der Waals surface area contributed by atoms with Crippen LogP contribution in [0.1, 0.15) is 32.4 Å². The van der Waals surface area contributed by atoms with Crippen molar-refractivity contribution in [2.75, 3.05) is 30.8 Å². The van der Waals surface area contributed by atoms with Gasteiger partial charge < -0.3 is 18.9 Å². The number of hydrogen-bond donors (Lipinski definition) is 0. The zero-order valence-electron chi connectivity index (χ0n) is 17.3. The van der Waals surface area contributed by atoms with Gasteiger partial charge >= 0.3 is 0 Å². The molecule has 6 rings (SSSR count). The van der Waals surface area contributed by atoms with Crippen molar-refractivity contribution in [2.45, 2.75) is 6.17 Å². The van der Waals surface area contributed by atoms with Crippen LogP contribution in [-0.2, 0) is 0 Å². The van der Waals surface area contributed by atoms with Gasteiger partial charge in [0.1, 0.15) is 6.17 Å². The summed E-state index contributed by atoms with van der Waals surface area (Å²) in [5, 5.41) is 0. The molecule has 1 unspecified atom stereocenters. The van der Waals surface area contributed by atoms with E-state index in [1.807, 2.05) is 6.07 Å². The van der Waals surface area contributed by atoms with E-state index in [2.05, 4.69) is 0 Å². The molecule has 0 bridgehead atoms. The molecule has 0 aromatic heterocycles. The van der Waals surface area contributed by atoms with E-state index in [1.165, 1.54) is 14.2 Å². The summed E-state index contributed by atoms with van der Waals surface area (Å²) < 4.78 is 21.9. The van der Waals surface area contributed by atoms with Gasteiger partial charge in [0.05, 0.1) is 36.7 Å². The molecule has 3 aliphatic rings. The molecule has 0 spiro atoms. The predicted octanol–water partition coefficient (Wildman–Crippen LogP) is 3.75. The first kappa shape index (κ1) is 18.6. The van der Waals surface area contributed by atoms with E-state index in [-0.39, 0.29) is 18.6 Å². The SMILES string of the molecule is COc1ccc2c(c1OC)C(=O)N1c3ccccc3C(=O)N(c3ccc4c(c3)OCO4)C21. The summed E-state index contributed by atoms with van der Waals surface area (Å²) in [5.41, 5.74) is 2.63. The first-order chi connectivity index (χ1) is 15.6. The van der Waals surface area contributed by atoms with Crippen LogP contribution in [0.5, 0.6) is 23.0 Å². The van der Waals surface area contributed by atoms with E-state index in [0.29, 0.717) is 51.1 Å². The van der Waals surface area contributed by atoms with Crippen LogP contribution in [0.25, 0.3) is 0 Å². The molecule has 0 N–H and O–H groups in total. The van der Waals surface area contributed by atoms with Crippen LogP contribution < -0.4 is 28.7 Å². The van der Waals surface area contributed by atoms with E-state index in [1.54, 1.807) is 58.3 Å². The lowest BCUT2D eigenvalue weighted by atomic mass is 10.0. The average molecular weight is 430 g/mol. The molecule has 0 saturated heterocycles. The van der Waals surface area contributed by atoms with E-state index in [4.69, 9.17) is 18.9 Å². The van der Waals surface area contributed by atoms with Gasteiger partial charge in [0.15, 0.2) is 23.0 Å². The van der Waals surface area contributed by atoms with Crippen molar-refractivity contribution in [1.82, 2.24) is 0 Å². The number of amides is 2. The Morgan fingerprint density at radius 1 is 0.875 bits per heavy atom. The third kappa shape index (κ3) is 2.31. The number of para-hydroxylation sites is 1. The minimum atomic E-state index is -0.680. The topological polar surface area (TPSA) is 77.5 Å². The largest absolute Gasteiger partial charge is 0.493 e. The maximum Gasteiger partial charge on any atom is 0.264 e. The van der Waals surface area contributed by atoms with Gasteiger partial charge in [-0.1, -0.05) is 18.2 Å². The Morgan fingerprint density at radius 2 is 1.69 bits per heavy atom. The maximum absolute atomic E-state index is 13.7. The van der Waals surface area contributed by atoms with Crippen LogP contribution in [0.15, 0.2) is 54.6 Å². The number of fused-ring (bicyclic) bond motifs is 6.